The highest BCUT2D eigenvalue weighted by Crippen LogP contribution is 2.22. The van der Waals surface area contributed by atoms with Crippen molar-refractivity contribution in [2.75, 3.05) is 6.61 Å². The Morgan fingerprint density at radius 2 is 2.24 bits per heavy atom. The lowest BCUT2D eigenvalue weighted by Gasteiger charge is -2.07. The number of fused-ring (bicyclic) bond motifs is 1. The molecule has 2 aromatic rings. The predicted molar refractivity (Wildman–Crippen MR) is 66.3 cm³/mol. The standard InChI is InChI=1S/C11H15ClN4O/c1-7(2)4-3-5-17-10-8-6-13-16-9(8)14-11(12)15-10/h6-7H,3-5H2,1-2H3,(H,13,14,15,16). The molecule has 0 radical (unpaired) electrons. The first-order valence-corrected chi connectivity index (χ1v) is 6.04. The monoisotopic (exact) mass is 254 g/mol. The van der Waals surface area contributed by atoms with Crippen LogP contribution in [0.15, 0.2) is 6.20 Å². The molecule has 6 heteroatoms. The van der Waals surface area contributed by atoms with Gasteiger partial charge < -0.3 is 4.74 Å². The number of hydrogen-bond donors (Lipinski definition) is 1. The van der Waals surface area contributed by atoms with Crippen LogP contribution in [0.1, 0.15) is 26.7 Å². The third-order valence-corrected chi connectivity index (χ3v) is 2.58. The molecule has 2 aromatic heterocycles. The van der Waals surface area contributed by atoms with Crippen LogP contribution < -0.4 is 4.74 Å². The molecule has 92 valence electrons. The molecule has 0 aliphatic rings. The van der Waals surface area contributed by atoms with Gasteiger partial charge >= 0.3 is 0 Å². The highest BCUT2D eigenvalue weighted by Gasteiger charge is 2.09. The Morgan fingerprint density at radius 1 is 1.41 bits per heavy atom. The van der Waals surface area contributed by atoms with E-state index in [4.69, 9.17) is 16.3 Å². The van der Waals surface area contributed by atoms with Gasteiger partial charge in [0.2, 0.25) is 11.2 Å². The summed E-state index contributed by atoms with van der Waals surface area (Å²) in [7, 11) is 0. The van der Waals surface area contributed by atoms with Crippen LogP contribution in [-0.2, 0) is 0 Å². The number of H-pyrrole nitrogens is 1. The number of aromatic amines is 1. The first-order valence-electron chi connectivity index (χ1n) is 5.66. The Hall–Kier alpha value is -1.36. The number of nitrogens with one attached hydrogen (secondary N) is 1. The molecule has 0 atom stereocenters. The first-order chi connectivity index (χ1) is 8.16. The largest absolute Gasteiger partial charge is 0.477 e. The van der Waals surface area contributed by atoms with Gasteiger partial charge in [-0.15, -0.1) is 0 Å². The molecule has 2 rings (SSSR count). The summed E-state index contributed by atoms with van der Waals surface area (Å²) < 4.78 is 5.61. The Kier molecular flexibility index (Phi) is 3.78. The molecule has 17 heavy (non-hydrogen) atoms. The Morgan fingerprint density at radius 3 is 3.00 bits per heavy atom. The Balaban J connectivity index is 2.04. The number of nitrogens with zero attached hydrogens (tertiary/aromatic N) is 3. The minimum absolute atomic E-state index is 0.167. The summed E-state index contributed by atoms with van der Waals surface area (Å²) in [4.78, 5) is 8.07. The molecule has 0 aromatic carbocycles. The van der Waals surface area contributed by atoms with Crippen LogP contribution in [0.5, 0.6) is 5.88 Å². The second kappa shape index (κ2) is 5.31. The van der Waals surface area contributed by atoms with E-state index in [1.807, 2.05) is 0 Å². The minimum Gasteiger partial charge on any atom is -0.477 e. The Labute approximate surface area is 105 Å². The van der Waals surface area contributed by atoms with Gasteiger partial charge in [0, 0.05) is 0 Å². The SMILES string of the molecule is CC(C)CCCOc1nc(Cl)nc2[nH]ncc12. The summed E-state index contributed by atoms with van der Waals surface area (Å²) in [5.74, 6) is 1.18. The third-order valence-electron chi connectivity index (χ3n) is 2.41. The second-order valence-electron chi connectivity index (χ2n) is 4.31. The van der Waals surface area contributed by atoms with E-state index < -0.39 is 0 Å². The highest BCUT2D eigenvalue weighted by molar-refractivity contribution is 6.28. The van der Waals surface area contributed by atoms with Gasteiger partial charge in [0.05, 0.1) is 12.8 Å². The van der Waals surface area contributed by atoms with Crippen molar-refractivity contribution in [1.29, 1.82) is 0 Å². The lowest BCUT2D eigenvalue weighted by molar-refractivity contribution is 0.290. The van der Waals surface area contributed by atoms with Crippen LogP contribution in [-0.4, -0.2) is 26.8 Å². The van der Waals surface area contributed by atoms with Gasteiger partial charge in [0.1, 0.15) is 5.39 Å². The summed E-state index contributed by atoms with van der Waals surface area (Å²) in [6, 6.07) is 0. The molecule has 0 bridgehead atoms. The van der Waals surface area contributed by atoms with Crippen LogP contribution in [0.25, 0.3) is 11.0 Å². The Bertz CT molecular complexity index is 497. The van der Waals surface area contributed by atoms with Gasteiger partial charge in [-0.2, -0.15) is 15.1 Å². The maximum absolute atomic E-state index is 5.79. The molecule has 0 fully saturated rings. The number of ether oxygens (including phenoxy) is 1. The number of rotatable bonds is 5. The van der Waals surface area contributed by atoms with Gasteiger partial charge in [-0.25, -0.2) is 0 Å². The van der Waals surface area contributed by atoms with E-state index in [1.54, 1.807) is 6.20 Å². The van der Waals surface area contributed by atoms with Crippen LogP contribution in [0.4, 0.5) is 0 Å². The van der Waals surface area contributed by atoms with Gasteiger partial charge in [0.25, 0.3) is 0 Å². The fourth-order valence-electron chi connectivity index (χ4n) is 1.55. The molecular weight excluding hydrogens is 240 g/mol. The molecule has 0 aliphatic heterocycles. The van der Waals surface area contributed by atoms with Crippen molar-refractivity contribution in [1.82, 2.24) is 20.2 Å². The number of hydrogen-bond acceptors (Lipinski definition) is 4. The van der Waals surface area contributed by atoms with Gasteiger partial charge in [0.15, 0.2) is 5.65 Å². The summed E-state index contributed by atoms with van der Waals surface area (Å²) >= 11 is 5.79. The molecule has 0 saturated heterocycles. The molecular formula is C11H15ClN4O. The van der Waals surface area contributed by atoms with E-state index in [9.17, 15) is 0 Å². The topological polar surface area (TPSA) is 63.7 Å². The van der Waals surface area contributed by atoms with Gasteiger partial charge in [-0.1, -0.05) is 13.8 Å². The number of aromatic nitrogens is 4. The van der Waals surface area contributed by atoms with Crippen molar-refractivity contribution in [2.45, 2.75) is 26.7 Å². The minimum atomic E-state index is 0.167. The number of halogens is 1. The van der Waals surface area contributed by atoms with Crippen LogP contribution in [0.2, 0.25) is 5.28 Å². The van der Waals surface area contributed by atoms with Crippen molar-refractivity contribution in [3.8, 4) is 5.88 Å². The van der Waals surface area contributed by atoms with Crippen LogP contribution >= 0.6 is 11.6 Å². The average Bonchev–Trinajstić information content (AvgIpc) is 2.71. The summed E-state index contributed by atoms with van der Waals surface area (Å²) in [6.07, 6.45) is 3.77. The average molecular weight is 255 g/mol. The molecule has 5 nitrogen and oxygen atoms in total. The van der Waals surface area contributed by atoms with E-state index in [0.29, 0.717) is 24.1 Å². The summed E-state index contributed by atoms with van der Waals surface area (Å²) in [5, 5.41) is 7.57. The van der Waals surface area contributed by atoms with Crippen LogP contribution in [0, 0.1) is 5.92 Å². The zero-order chi connectivity index (χ0) is 12.3. The van der Waals surface area contributed by atoms with Crippen molar-refractivity contribution in [3.63, 3.8) is 0 Å². The zero-order valence-corrected chi connectivity index (χ0v) is 10.7. The zero-order valence-electron chi connectivity index (χ0n) is 9.90. The summed E-state index contributed by atoms with van der Waals surface area (Å²) in [6.45, 7) is 5.01. The lowest BCUT2D eigenvalue weighted by atomic mass is 10.1. The smallest absolute Gasteiger partial charge is 0.229 e. The van der Waals surface area contributed by atoms with Crippen LogP contribution in [0.3, 0.4) is 0 Å². The quantitative estimate of drug-likeness (QED) is 0.658. The van der Waals surface area contributed by atoms with E-state index in [0.717, 1.165) is 18.2 Å². The lowest BCUT2D eigenvalue weighted by Crippen LogP contribution is -2.02. The predicted octanol–water partition coefficient (Wildman–Crippen LogP) is 2.82. The molecule has 1 N–H and O–H groups in total. The first kappa shape index (κ1) is 12.1. The van der Waals surface area contributed by atoms with Crippen molar-refractivity contribution >= 4 is 22.6 Å². The maximum Gasteiger partial charge on any atom is 0.229 e. The van der Waals surface area contributed by atoms with E-state index >= 15 is 0 Å². The van der Waals surface area contributed by atoms with E-state index in [2.05, 4.69) is 34.0 Å². The van der Waals surface area contributed by atoms with Gasteiger partial charge in [-0.3, -0.25) is 5.10 Å². The van der Waals surface area contributed by atoms with Crippen molar-refractivity contribution in [2.24, 2.45) is 5.92 Å². The molecule has 2 heterocycles. The molecule has 0 spiro atoms. The fourth-order valence-corrected chi connectivity index (χ4v) is 1.71. The van der Waals surface area contributed by atoms with E-state index in [1.165, 1.54) is 0 Å². The summed E-state index contributed by atoms with van der Waals surface area (Å²) in [5.41, 5.74) is 0.601. The molecule has 0 unspecified atom stereocenters. The maximum atomic E-state index is 5.79. The van der Waals surface area contributed by atoms with E-state index in [-0.39, 0.29) is 5.28 Å². The van der Waals surface area contributed by atoms with Gasteiger partial charge in [-0.05, 0) is 30.4 Å². The second-order valence-corrected chi connectivity index (χ2v) is 4.65. The third kappa shape index (κ3) is 3.06. The van der Waals surface area contributed by atoms with Crippen molar-refractivity contribution in [3.05, 3.63) is 11.5 Å². The fraction of sp³-hybridized carbons (Fsp3) is 0.545. The molecule has 0 saturated carbocycles. The molecule has 0 amide bonds. The normalized spacial score (nSPS) is 11.3. The highest BCUT2D eigenvalue weighted by atomic mass is 35.5. The van der Waals surface area contributed by atoms with Crippen molar-refractivity contribution < 1.29 is 4.74 Å². The molecule has 0 aliphatic carbocycles.